The van der Waals surface area contributed by atoms with Crippen molar-refractivity contribution in [2.24, 2.45) is 0 Å². The van der Waals surface area contributed by atoms with Crippen LogP contribution in [0, 0.1) is 6.92 Å². The summed E-state index contributed by atoms with van der Waals surface area (Å²) in [7, 11) is 0. The van der Waals surface area contributed by atoms with E-state index in [-0.39, 0.29) is 0 Å². The number of rotatable bonds is 1. The van der Waals surface area contributed by atoms with E-state index in [1.54, 1.807) is 0 Å². The lowest BCUT2D eigenvalue weighted by Gasteiger charge is -2.16. The van der Waals surface area contributed by atoms with E-state index in [0.717, 1.165) is 5.69 Å². The molecule has 3 rings (SSSR count). The highest BCUT2D eigenvalue weighted by Gasteiger charge is 2.35. The molecular formula is C16H18BN. The van der Waals surface area contributed by atoms with Crippen LogP contribution in [0.4, 0.5) is 5.69 Å². The molecule has 0 unspecified atom stereocenters. The molecule has 0 amide bonds. The van der Waals surface area contributed by atoms with Gasteiger partial charge in [0.25, 0.3) is 0 Å². The maximum atomic E-state index is 6.34. The Bertz CT molecular complexity index is 616. The van der Waals surface area contributed by atoms with Gasteiger partial charge in [-0.1, -0.05) is 61.5 Å². The summed E-state index contributed by atoms with van der Waals surface area (Å²) in [5, 5.41) is 0. The van der Waals surface area contributed by atoms with Gasteiger partial charge in [-0.05, 0) is 29.1 Å². The van der Waals surface area contributed by atoms with Crippen LogP contribution in [0.2, 0.25) is 5.82 Å². The van der Waals surface area contributed by atoms with E-state index in [1.807, 2.05) is 0 Å². The minimum Gasteiger partial charge on any atom is -0.399 e. The maximum absolute atomic E-state index is 6.34. The van der Waals surface area contributed by atoms with E-state index in [2.05, 4.69) is 57.2 Å². The molecule has 0 saturated carbocycles. The van der Waals surface area contributed by atoms with Crippen LogP contribution in [0.5, 0.6) is 0 Å². The summed E-state index contributed by atoms with van der Waals surface area (Å²) < 4.78 is 0. The zero-order valence-electron chi connectivity index (χ0n) is 11.2. The summed E-state index contributed by atoms with van der Waals surface area (Å²) in [5.74, 6) is 0.566. The molecule has 18 heavy (non-hydrogen) atoms. The number of nitrogens with two attached hydrogens (primary N) is 1. The molecule has 0 radical (unpaired) electrons. The minimum absolute atomic E-state index is 0.441. The summed E-state index contributed by atoms with van der Waals surface area (Å²) in [6.07, 6.45) is 0. The first-order valence-corrected chi connectivity index (χ1v) is 6.59. The standard InChI is InChI=1S/C16H18BN/c1-10(2)17-14-7-5-4-6-12(14)13-9-8-11(3)16(18)15(13)17/h4-10H,18H2,1-3H3. The lowest BCUT2D eigenvalue weighted by Crippen LogP contribution is -2.42. The first-order valence-electron chi connectivity index (χ1n) is 6.59. The van der Waals surface area contributed by atoms with Crippen molar-refractivity contribution in [1.29, 1.82) is 0 Å². The van der Waals surface area contributed by atoms with Crippen molar-refractivity contribution in [1.82, 2.24) is 0 Å². The number of hydrogen-bond donors (Lipinski definition) is 1. The lowest BCUT2D eigenvalue weighted by molar-refractivity contribution is 1.06. The Morgan fingerprint density at radius 2 is 1.72 bits per heavy atom. The van der Waals surface area contributed by atoms with Crippen LogP contribution in [0.15, 0.2) is 36.4 Å². The molecule has 2 N–H and O–H groups in total. The molecule has 0 aromatic heterocycles. The summed E-state index contributed by atoms with van der Waals surface area (Å²) in [4.78, 5) is 0. The monoisotopic (exact) mass is 235 g/mol. The molecule has 0 aliphatic carbocycles. The molecule has 1 nitrogen and oxygen atoms in total. The number of fused-ring (bicyclic) bond motifs is 3. The van der Waals surface area contributed by atoms with Crippen molar-refractivity contribution in [3.8, 4) is 11.1 Å². The molecule has 2 aromatic rings. The van der Waals surface area contributed by atoms with E-state index >= 15 is 0 Å². The Morgan fingerprint density at radius 3 is 2.44 bits per heavy atom. The quantitative estimate of drug-likeness (QED) is 0.596. The van der Waals surface area contributed by atoms with Gasteiger partial charge in [0.1, 0.15) is 0 Å². The van der Waals surface area contributed by atoms with Crippen LogP contribution in [0.25, 0.3) is 11.1 Å². The van der Waals surface area contributed by atoms with Crippen LogP contribution in [0.3, 0.4) is 0 Å². The van der Waals surface area contributed by atoms with Crippen LogP contribution < -0.4 is 16.7 Å². The van der Waals surface area contributed by atoms with Gasteiger partial charge in [0.15, 0.2) is 0 Å². The second-order valence-corrected chi connectivity index (χ2v) is 5.57. The smallest absolute Gasteiger partial charge is 0.216 e. The number of anilines is 1. The van der Waals surface area contributed by atoms with Crippen molar-refractivity contribution >= 4 is 23.3 Å². The zero-order chi connectivity index (χ0) is 12.9. The maximum Gasteiger partial charge on any atom is 0.216 e. The lowest BCUT2D eigenvalue weighted by atomic mass is 9.36. The first-order chi connectivity index (χ1) is 8.61. The minimum atomic E-state index is 0.441. The van der Waals surface area contributed by atoms with Crippen molar-refractivity contribution < 1.29 is 0 Å². The van der Waals surface area contributed by atoms with Gasteiger partial charge in [0, 0.05) is 5.69 Å². The normalized spacial score (nSPS) is 12.8. The molecular weight excluding hydrogens is 217 g/mol. The number of benzene rings is 2. The number of hydrogen-bond acceptors (Lipinski definition) is 1. The molecule has 1 aliphatic heterocycles. The van der Waals surface area contributed by atoms with Gasteiger partial charge in [0.05, 0.1) is 0 Å². The Balaban J connectivity index is 2.35. The van der Waals surface area contributed by atoms with E-state index in [9.17, 15) is 0 Å². The second kappa shape index (κ2) is 3.91. The van der Waals surface area contributed by atoms with Gasteiger partial charge in [-0.2, -0.15) is 0 Å². The summed E-state index contributed by atoms with van der Waals surface area (Å²) >= 11 is 0. The van der Waals surface area contributed by atoms with Crippen LogP contribution >= 0.6 is 0 Å². The van der Waals surface area contributed by atoms with E-state index < -0.39 is 0 Å². The molecule has 0 atom stereocenters. The predicted octanol–water partition coefficient (Wildman–Crippen LogP) is 2.58. The largest absolute Gasteiger partial charge is 0.399 e. The number of nitrogen functional groups attached to an aromatic ring is 1. The fourth-order valence-electron chi connectivity index (χ4n) is 3.18. The fourth-order valence-corrected chi connectivity index (χ4v) is 3.18. The summed E-state index contributed by atoms with van der Waals surface area (Å²) in [6.45, 7) is 7.09. The van der Waals surface area contributed by atoms with Crippen LogP contribution in [-0.4, -0.2) is 6.71 Å². The third kappa shape index (κ3) is 1.41. The molecule has 0 bridgehead atoms. The fraction of sp³-hybridized carbons (Fsp3) is 0.250. The van der Waals surface area contributed by atoms with Gasteiger partial charge in [-0.3, -0.25) is 0 Å². The zero-order valence-corrected chi connectivity index (χ0v) is 11.2. The van der Waals surface area contributed by atoms with Gasteiger partial charge in [0.2, 0.25) is 6.71 Å². The van der Waals surface area contributed by atoms with Gasteiger partial charge < -0.3 is 5.73 Å². The van der Waals surface area contributed by atoms with Gasteiger partial charge in [-0.25, -0.2) is 0 Å². The number of aryl methyl sites for hydroxylation is 1. The SMILES string of the molecule is Cc1ccc2c(c1N)B(C(C)C)c1ccccc1-2. The average molecular weight is 235 g/mol. The van der Waals surface area contributed by atoms with Gasteiger partial charge in [-0.15, -0.1) is 0 Å². The molecule has 1 aliphatic rings. The second-order valence-electron chi connectivity index (χ2n) is 5.57. The molecule has 0 spiro atoms. The van der Waals surface area contributed by atoms with Crippen molar-refractivity contribution in [2.45, 2.75) is 26.6 Å². The third-order valence-electron chi connectivity index (χ3n) is 4.07. The topological polar surface area (TPSA) is 26.0 Å². The highest BCUT2D eigenvalue weighted by molar-refractivity contribution is 6.91. The highest BCUT2D eigenvalue weighted by atomic mass is 14.6. The van der Waals surface area contributed by atoms with E-state index in [0.29, 0.717) is 12.5 Å². The highest BCUT2D eigenvalue weighted by Crippen LogP contribution is 2.30. The van der Waals surface area contributed by atoms with Crippen molar-refractivity contribution in [2.75, 3.05) is 5.73 Å². The third-order valence-corrected chi connectivity index (χ3v) is 4.07. The average Bonchev–Trinajstić information content (AvgIpc) is 2.69. The molecule has 0 saturated heterocycles. The van der Waals surface area contributed by atoms with Crippen LogP contribution in [0.1, 0.15) is 19.4 Å². The predicted molar refractivity (Wildman–Crippen MR) is 81.1 cm³/mol. The van der Waals surface area contributed by atoms with Crippen molar-refractivity contribution in [3.05, 3.63) is 42.0 Å². The van der Waals surface area contributed by atoms with Gasteiger partial charge >= 0.3 is 0 Å². The Labute approximate surface area is 109 Å². The first kappa shape index (κ1) is 11.4. The Hall–Kier alpha value is -1.70. The molecule has 0 fully saturated rings. The Morgan fingerprint density at radius 1 is 1.00 bits per heavy atom. The van der Waals surface area contributed by atoms with E-state index in [4.69, 9.17) is 5.73 Å². The summed E-state index contributed by atoms with van der Waals surface area (Å²) in [5.41, 5.74) is 14.0. The molecule has 1 heterocycles. The van der Waals surface area contributed by atoms with E-state index in [1.165, 1.54) is 27.6 Å². The van der Waals surface area contributed by atoms with Crippen LogP contribution in [-0.2, 0) is 0 Å². The molecule has 2 aromatic carbocycles. The molecule has 2 heteroatoms. The molecule has 90 valence electrons. The summed E-state index contributed by atoms with van der Waals surface area (Å²) in [6, 6.07) is 13.1. The Kier molecular flexibility index (Phi) is 2.48. The van der Waals surface area contributed by atoms with Crippen molar-refractivity contribution in [3.63, 3.8) is 0 Å².